The minimum Gasteiger partial charge on any atom is -0.493 e. The van der Waals surface area contributed by atoms with Gasteiger partial charge in [0, 0.05) is 32.0 Å². The SMILES string of the molecule is Cc1nnc(-c2ccc(CNC(=O)CCCCCOc3cccc4c3C(=O)N(C3CCC(=O)N(C)C3=O)C4=O)cc2)nn1. The third-order valence-corrected chi connectivity index (χ3v) is 7.43. The number of hydrogen-bond donors (Lipinski definition) is 1. The van der Waals surface area contributed by atoms with Crippen molar-refractivity contribution in [2.75, 3.05) is 13.7 Å². The van der Waals surface area contributed by atoms with Crippen LogP contribution in [0.5, 0.6) is 5.75 Å². The van der Waals surface area contributed by atoms with Gasteiger partial charge >= 0.3 is 0 Å². The summed E-state index contributed by atoms with van der Waals surface area (Å²) in [4.78, 5) is 65.0. The van der Waals surface area contributed by atoms with Gasteiger partial charge in [-0.1, -0.05) is 30.3 Å². The molecule has 1 aromatic heterocycles. The number of imide groups is 2. The predicted molar refractivity (Wildman–Crippen MR) is 151 cm³/mol. The number of piperidine rings is 1. The Morgan fingerprint density at radius 1 is 0.953 bits per heavy atom. The van der Waals surface area contributed by atoms with Crippen molar-refractivity contribution in [1.82, 2.24) is 35.5 Å². The third-order valence-electron chi connectivity index (χ3n) is 7.43. The number of benzene rings is 2. The zero-order valence-corrected chi connectivity index (χ0v) is 23.9. The number of hydrogen-bond acceptors (Lipinski definition) is 10. The molecule has 0 saturated carbocycles. The van der Waals surface area contributed by atoms with E-state index < -0.39 is 23.8 Å². The molecule has 2 aliphatic rings. The monoisotopic (exact) mass is 585 g/mol. The van der Waals surface area contributed by atoms with E-state index in [0.717, 1.165) is 27.3 Å². The van der Waals surface area contributed by atoms with Crippen LogP contribution < -0.4 is 10.1 Å². The molecule has 0 spiro atoms. The number of aryl methyl sites for hydroxylation is 1. The van der Waals surface area contributed by atoms with Crippen molar-refractivity contribution in [3.63, 3.8) is 0 Å². The molecule has 13 nitrogen and oxygen atoms in total. The van der Waals surface area contributed by atoms with Crippen molar-refractivity contribution >= 4 is 29.5 Å². The van der Waals surface area contributed by atoms with Crippen LogP contribution in [0.25, 0.3) is 11.4 Å². The van der Waals surface area contributed by atoms with Crippen LogP contribution in [0.3, 0.4) is 0 Å². The Bertz CT molecular complexity index is 1560. The van der Waals surface area contributed by atoms with Crippen LogP contribution in [0.15, 0.2) is 42.5 Å². The van der Waals surface area contributed by atoms with E-state index in [0.29, 0.717) is 44.1 Å². The molecule has 3 heterocycles. The van der Waals surface area contributed by atoms with Crippen molar-refractivity contribution in [1.29, 1.82) is 0 Å². The van der Waals surface area contributed by atoms with Gasteiger partial charge in [0.1, 0.15) is 11.8 Å². The number of nitrogens with zero attached hydrogens (tertiary/aromatic N) is 6. The van der Waals surface area contributed by atoms with Gasteiger partial charge in [-0.05, 0) is 50.3 Å². The maximum Gasteiger partial charge on any atom is 0.266 e. The average molecular weight is 586 g/mol. The van der Waals surface area contributed by atoms with Crippen molar-refractivity contribution in [2.45, 2.75) is 58.0 Å². The van der Waals surface area contributed by atoms with Crippen molar-refractivity contribution in [2.24, 2.45) is 0 Å². The van der Waals surface area contributed by atoms with Gasteiger partial charge in [-0.2, -0.15) is 0 Å². The van der Waals surface area contributed by atoms with Gasteiger partial charge in [0.2, 0.25) is 17.6 Å². The molecule has 13 heteroatoms. The van der Waals surface area contributed by atoms with Gasteiger partial charge < -0.3 is 10.1 Å². The first kappa shape index (κ1) is 29.4. The minimum absolute atomic E-state index is 0.0602. The normalized spacial score (nSPS) is 16.5. The van der Waals surface area contributed by atoms with E-state index in [1.165, 1.54) is 13.1 Å². The molecule has 1 N–H and O–H groups in total. The molecule has 0 bridgehead atoms. The Labute approximate surface area is 247 Å². The van der Waals surface area contributed by atoms with Gasteiger partial charge in [0.15, 0.2) is 5.82 Å². The number of unbranched alkanes of at least 4 members (excludes halogenated alkanes) is 2. The summed E-state index contributed by atoms with van der Waals surface area (Å²) in [5.74, 6) is -0.921. The highest BCUT2D eigenvalue weighted by Crippen LogP contribution is 2.34. The first-order valence-electron chi connectivity index (χ1n) is 14.1. The number of amides is 5. The molecular weight excluding hydrogens is 554 g/mol. The highest BCUT2D eigenvalue weighted by atomic mass is 16.5. The van der Waals surface area contributed by atoms with E-state index in [1.807, 2.05) is 24.3 Å². The van der Waals surface area contributed by atoms with E-state index in [9.17, 15) is 24.0 Å². The summed E-state index contributed by atoms with van der Waals surface area (Å²) < 4.78 is 5.86. The fraction of sp³-hybridized carbons (Fsp3) is 0.367. The molecule has 5 amide bonds. The highest BCUT2D eigenvalue weighted by molar-refractivity contribution is 6.24. The van der Waals surface area contributed by atoms with Crippen LogP contribution in [-0.4, -0.2) is 79.4 Å². The number of carbonyl (C=O) groups is 5. The summed E-state index contributed by atoms with van der Waals surface area (Å²) in [5.41, 5.74) is 2.04. The van der Waals surface area contributed by atoms with Crippen molar-refractivity contribution < 1.29 is 28.7 Å². The summed E-state index contributed by atoms with van der Waals surface area (Å²) in [6, 6.07) is 11.3. The number of aromatic nitrogens is 4. The van der Waals surface area contributed by atoms with E-state index in [1.54, 1.807) is 19.1 Å². The lowest BCUT2D eigenvalue weighted by Gasteiger charge is -2.32. The summed E-state index contributed by atoms with van der Waals surface area (Å²) in [5, 5.41) is 18.8. The van der Waals surface area contributed by atoms with Gasteiger partial charge in [0.05, 0.1) is 17.7 Å². The zero-order valence-electron chi connectivity index (χ0n) is 23.9. The summed E-state index contributed by atoms with van der Waals surface area (Å²) in [7, 11) is 1.35. The van der Waals surface area contributed by atoms with Crippen LogP contribution in [0.4, 0.5) is 0 Å². The lowest BCUT2D eigenvalue weighted by Crippen LogP contribution is -2.54. The lowest BCUT2D eigenvalue weighted by atomic mass is 10.0. The lowest BCUT2D eigenvalue weighted by molar-refractivity contribution is -0.149. The van der Waals surface area contributed by atoms with Crippen LogP contribution in [0.2, 0.25) is 0 Å². The molecular formula is C30H31N7O6. The number of ether oxygens (including phenoxy) is 1. The fourth-order valence-electron chi connectivity index (χ4n) is 5.02. The highest BCUT2D eigenvalue weighted by Gasteiger charge is 2.47. The summed E-state index contributed by atoms with van der Waals surface area (Å²) >= 11 is 0. The second-order valence-electron chi connectivity index (χ2n) is 10.4. The molecule has 2 aliphatic heterocycles. The molecule has 222 valence electrons. The molecule has 1 atom stereocenters. The number of fused-ring (bicyclic) bond motifs is 1. The Morgan fingerprint density at radius 3 is 2.44 bits per heavy atom. The van der Waals surface area contributed by atoms with Crippen LogP contribution in [0, 0.1) is 6.92 Å². The average Bonchev–Trinajstić information content (AvgIpc) is 3.27. The molecule has 43 heavy (non-hydrogen) atoms. The third kappa shape index (κ3) is 6.40. The largest absolute Gasteiger partial charge is 0.493 e. The second-order valence-corrected chi connectivity index (χ2v) is 10.4. The predicted octanol–water partition coefficient (Wildman–Crippen LogP) is 2.24. The fourth-order valence-corrected chi connectivity index (χ4v) is 5.02. The molecule has 0 radical (unpaired) electrons. The van der Waals surface area contributed by atoms with Crippen molar-refractivity contribution in [3.8, 4) is 17.1 Å². The van der Waals surface area contributed by atoms with E-state index in [-0.39, 0.29) is 41.5 Å². The zero-order chi connectivity index (χ0) is 30.5. The van der Waals surface area contributed by atoms with Gasteiger partial charge in [0.25, 0.3) is 17.7 Å². The van der Waals surface area contributed by atoms with E-state index in [4.69, 9.17) is 4.74 Å². The molecule has 1 fully saturated rings. The van der Waals surface area contributed by atoms with Crippen LogP contribution >= 0.6 is 0 Å². The number of carbonyl (C=O) groups excluding carboxylic acids is 5. The molecule has 0 aliphatic carbocycles. The first-order chi connectivity index (χ1) is 20.7. The molecule has 5 rings (SSSR count). The number of nitrogens with one attached hydrogen (secondary N) is 1. The quantitative estimate of drug-likeness (QED) is 0.261. The maximum absolute atomic E-state index is 13.2. The van der Waals surface area contributed by atoms with E-state index >= 15 is 0 Å². The molecule has 3 aromatic rings. The number of likely N-dealkylation sites (tertiary alicyclic amines) is 1. The number of likely N-dealkylation sites (N-methyl/N-ethyl adjacent to an activating group) is 1. The Balaban J connectivity index is 1.04. The minimum atomic E-state index is -1.02. The molecule has 1 saturated heterocycles. The first-order valence-corrected chi connectivity index (χ1v) is 14.1. The molecule has 2 aromatic carbocycles. The van der Waals surface area contributed by atoms with Gasteiger partial charge in [-0.3, -0.25) is 33.8 Å². The Kier molecular flexibility index (Phi) is 8.79. The summed E-state index contributed by atoms with van der Waals surface area (Å²) in [6.45, 7) is 2.41. The van der Waals surface area contributed by atoms with Crippen molar-refractivity contribution in [3.05, 3.63) is 65.0 Å². The van der Waals surface area contributed by atoms with E-state index in [2.05, 4.69) is 25.7 Å². The van der Waals surface area contributed by atoms with Crippen LogP contribution in [0.1, 0.15) is 70.6 Å². The second kappa shape index (κ2) is 12.8. The smallest absolute Gasteiger partial charge is 0.266 e. The maximum atomic E-state index is 13.2. The Hall–Kier alpha value is -5.07. The molecule has 1 unspecified atom stereocenters. The summed E-state index contributed by atoms with van der Waals surface area (Å²) in [6.07, 6.45) is 2.57. The number of rotatable bonds is 11. The van der Waals surface area contributed by atoms with Gasteiger partial charge in [-0.15, -0.1) is 20.4 Å². The Morgan fingerprint density at radius 2 is 1.70 bits per heavy atom. The topological polar surface area (TPSA) is 165 Å². The van der Waals surface area contributed by atoms with Crippen LogP contribution in [-0.2, 0) is 20.9 Å². The standard InChI is InChI=1S/C30H31N7O6/c1-18-32-34-27(35-33-18)20-12-10-19(11-13-20)17-31-24(38)9-4-3-5-16-43-23-8-6-7-21-26(23)30(42)37(28(21)40)22-14-15-25(39)36(2)29(22)41/h6-8,10-13,22H,3-5,9,14-17H2,1-2H3,(H,31,38). The van der Waals surface area contributed by atoms with Gasteiger partial charge in [-0.25, -0.2) is 0 Å².